The van der Waals surface area contributed by atoms with Crippen LogP contribution in [-0.2, 0) is 4.74 Å². The minimum atomic E-state index is 0.531. The van der Waals surface area contributed by atoms with E-state index < -0.39 is 0 Å². The Hall–Kier alpha value is -0.120. The monoisotopic (exact) mass is 300 g/mol. The van der Waals surface area contributed by atoms with Gasteiger partial charge >= 0.3 is 0 Å². The molecule has 1 saturated carbocycles. The lowest BCUT2D eigenvalue weighted by atomic mass is 9.91. The number of piperazine rings is 1. The van der Waals surface area contributed by atoms with E-state index in [4.69, 9.17) is 4.74 Å². The minimum Gasteiger partial charge on any atom is -0.381 e. The molecule has 1 aliphatic heterocycles. The first-order chi connectivity index (χ1) is 10.2. The van der Waals surface area contributed by atoms with Gasteiger partial charge in [0.15, 0.2) is 0 Å². The predicted molar refractivity (Wildman–Crippen MR) is 94.0 cm³/mol. The molecule has 2 fully saturated rings. The van der Waals surface area contributed by atoms with E-state index in [1.807, 2.05) is 34.8 Å². The number of hydrogen-bond acceptors (Lipinski definition) is 3. The maximum Gasteiger partial charge on any atom is 0.0572 e. The van der Waals surface area contributed by atoms with Crippen molar-refractivity contribution in [3.8, 4) is 0 Å². The zero-order valence-electron chi connectivity index (χ0n) is 15.7. The van der Waals surface area contributed by atoms with Gasteiger partial charge in [-0.2, -0.15) is 0 Å². The third-order valence-corrected chi connectivity index (χ3v) is 4.57. The Morgan fingerprint density at radius 3 is 1.67 bits per heavy atom. The maximum absolute atomic E-state index is 5.45. The fourth-order valence-corrected chi connectivity index (χ4v) is 3.27. The number of hydrogen-bond donors (Lipinski definition) is 0. The summed E-state index contributed by atoms with van der Waals surface area (Å²) in [6, 6.07) is 1.54. The molecule has 2 aliphatic rings. The van der Waals surface area contributed by atoms with Crippen molar-refractivity contribution in [2.24, 2.45) is 0 Å². The molecule has 0 spiro atoms. The molecule has 1 heterocycles. The summed E-state index contributed by atoms with van der Waals surface area (Å²) >= 11 is 0. The van der Waals surface area contributed by atoms with Crippen molar-refractivity contribution in [2.45, 2.75) is 85.4 Å². The molecule has 1 aliphatic carbocycles. The summed E-state index contributed by atoms with van der Waals surface area (Å²) < 4.78 is 5.45. The summed E-state index contributed by atoms with van der Waals surface area (Å²) in [6.45, 7) is 17.6. The summed E-state index contributed by atoms with van der Waals surface area (Å²) in [6.07, 6.45) is 5.71. The zero-order valence-corrected chi connectivity index (χ0v) is 15.7. The highest BCUT2D eigenvalue weighted by atomic mass is 16.5. The van der Waals surface area contributed by atoms with Crippen molar-refractivity contribution in [1.82, 2.24) is 9.80 Å². The van der Waals surface area contributed by atoms with E-state index in [-0.39, 0.29) is 0 Å². The van der Waals surface area contributed by atoms with Gasteiger partial charge < -0.3 is 4.74 Å². The quantitative estimate of drug-likeness (QED) is 0.783. The Bertz CT molecular complexity index is 217. The Labute approximate surface area is 134 Å². The predicted octanol–water partition coefficient (Wildman–Crippen LogP) is 4.02. The van der Waals surface area contributed by atoms with E-state index in [1.54, 1.807) is 0 Å². The van der Waals surface area contributed by atoms with E-state index in [9.17, 15) is 0 Å². The van der Waals surface area contributed by atoms with Crippen molar-refractivity contribution < 1.29 is 4.74 Å². The lowest BCUT2D eigenvalue weighted by Gasteiger charge is -2.42. The largest absolute Gasteiger partial charge is 0.381 e. The molecular formula is C18H40N2O. The van der Waals surface area contributed by atoms with Crippen LogP contribution in [0.5, 0.6) is 0 Å². The summed E-state index contributed by atoms with van der Waals surface area (Å²) in [5.74, 6) is 0. The van der Waals surface area contributed by atoms with E-state index in [0.29, 0.717) is 12.1 Å². The van der Waals surface area contributed by atoms with Crippen LogP contribution >= 0.6 is 0 Å². The second-order valence-electron chi connectivity index (χ2n) is 5.83. The first-order valence-electron chi connectivity index (χ1n) is 9.21. The Morgan fingerprint density at radius 2 is 1.29 bits per heavy atom. The molecule has 0 N–H and O–H groups in total. The Kier molecular flexibility index (Phi) is 12.4. The lowest BCUT2D eigenvalue weighted by molar-refractivity contribution is 0.0184. The van der Waals surface area contributed by atoms with Gasteiger partial charge in [0.1, 0.15) is 0 Å². The highest BCUT2D eigenvalue weighted by Gasteiger charge is 2.28. The SMILES string of the molecule is CC.CC.COC1CCC(N2CCN(C(C)C)CC2)CC1. The molecule has 0 unspecified atom stereocenters. The number of nitrogens with zero attached hydrogens (tertiary/aromatic N) is 2. The van der Waals surface area contributed by atoms with Crippen LogP contribution in [0.4, 0.5) is 0 Å². The molecule has 1 saturated heterocycles. The molecule has 128 valence electrons. The smallest absolute Gasteiger partial charge is 0.0572 e. The number of rotatable bonds is 3. The van der Waals surface area contributed by atoms with E-state index >= 15 is 0 Å². The Morgan fingerprint density at radius 1 is 0.810 bits per heavy atom. The number of ether oxygens (including phenoxy) is 1. The second kappa shape index (κ2) is 12.4. The third kappa shape index (κ3) is 7.12. The molecule has 0 amide bonds. The summed E-state index contributed by atoms with van der Waals surface area (Å²) in [4.78, 5) is 5.31. The van der Waals surface area contributed by atoms with Crippen LogP contribution in [0.3, 0.4) is 0 Å². The van der Waals surface area contributed by atoms with Gasteiger partial charge in [0.2, 0.25) is 0 Å². The second-order valence-corrected chi connectivity index (χ2v) is 5.83. The van der Waals surface area contributed by atoms with Crippen LogP contribution < -0.4 is 0 Å². The maximum atomic E-state index is 5.45. The lowest BCUT2D eigenvalue weighted by Crippen LogP contribution is -2.52. The fourth-order valence-electron chi connectivity index (χ4n) is 3.27. The summed E-state index contributed by atoms with van der Waals surface area (Å²) in [5.41, 5.74) is 0. The topological polar surface area (TPSA) is 15.7 Å². The van der Waals surface area contributed by atoms with Crippen LogP contribution in [0.15, 0.2) is 0 Å². The molecule has 2 rings (SSSR count). The van der Waals surface area contributed by atoms with Crippen molar-refractivity contribution >= 4 is 0 Å². The molecule has 21 heavy (non-hydrogen) atoms. The van der Waals surface area contributed by atoms with Crippen LogP contribution in [-0.4, -0.2) is 61.3 Å². The molecule has 0 aromatic heterocycles. The van der Waals surface area contributed by atoms with Gasteiger partial charge in [-0.15, -0.1) is 0 Å². The first kappa shape index (κ1) is 20.9. The minimum absolute atomic E-state index is 0.531. The Balaban J connectivity index is 0.000000921. The standard InChI is InChI=1S/C14H28N2O.2C2H6/c1-12(2)15-8-10-16(11-9-15)13-4-6-14(17-3)7-5-13;2*1-2/h12-14H,4-11H2,1-3H3;2*1-2H3. The van der Waals surface area contributed by atoms with Gasteiger partial charge in [-0.3, -0.25) is 9.80 Å². The van der Waals surface area contributed by atoms with E-state index in [2.05, 4.69) is 23.6 Å². The van der Waals surface area contributed by atoms with Crippen molar-refractivity contribution in [3.05, 3.63) is 0 Å². The molecule has 0 radical (unpaired) electrons. The summed E-state index contributed by atoms with van der Waals surface area (Å²) in [7, 11) is 1.85. The van der Waals surface area contributed by atoms with Crippen LogP contribution in [0, 0.1) is 0 Å². The van der Waals surface area contributed by atoms with Gasteiger partial charge in [-0.1, -0.05) is 27.7 Å². The molecule has 0 aromatic rings. The third-order valence-electron chi connectivity index (χ3n) is 4.57. The highest BCUT2D eigenvalue weighted by Crippen LogP contribution is 2.25. The van der Waals surface area contributed by atoms with E-state index in [1.165, 1.54) is 51.9 Å². The van der Waals surface area contributed by atoms with Crippen molar-refractivity contribution in [1.29, 1.82) is 0 Å². The number of methoxy groups -OCH3 is 1. The zero-order chi connectivity index (χ0) is 16.3. The average molecular weight is 301 g/mol. The molecule has 3 heteroatoms. The van der Waals surface area contributed by atoms with Crippen molar-refractivity contribution in [2.75, 3.05) is 33.3 Å². The van der Waals surface area contributed by atoms with Crippen LogP contribution in [0.1, 0.15) is 67.2 Å². The van der Waals surface area contributed by atoms with Crippen LogP contribution in [0.2, 0.25) is 0 Å². The van der Waals surface area contributed by atoms with Gasteiger partial charge in [0, 0.05) is 45.4 Å². The van der Waals surface area contributed by atoms with Gasteiger partial charge in [-0.25, -0.2) is 0 Å². The highest BCUT2D eigenvalue weighted by molar-refractivity contribution is 4.84. The fraction of sp³-hybridized carbons (Fsp3) is 1.00. The van der Waals surface area contributed by atoms with E-state index in [0.717, 1.165) is 6.04 Å². The van der Waals surface area contributed by atoms with Gasteiger partial charge in [0.25, 0.3) is 0 Å². The van der Waals surface area contributed by atoms with Gasteiger partial charge in [0.05, 0.1) is 6.10 Å². The molecule has 0 aromatic carbocycles. The first-order valence-corrected chi connectivity index (χ1v) is 9.21. The molecule has 3 nitrogen and oxygen atoms in total. The summed E-state index contributed by atoms with van der Waals surface area (Å²) in [5, 5.41) is 0. The normalized spacial score (nSPS) is 27.4. The van der Waals surface area contributed by atoms with Crippen LogP contribution in [0.25, 0.3) is 0 Å². The molecule has 0 atom stereocenters. The average Bonchev–Trinajstić information content (AvgIpc) is 2.58. The van der Waals surface area contributed by atoms with Gasteiger partial charge in [-0.05, 0) is 39.5 Å². The molecular weight excluding hydrogens is 260 g/mol. The van der Waals surface area contributed by atoms with Crippen molar-refractivity contribution in [3.63, 3.8) is 0 Å². The molecule has 0 bridgehead atoms.